The molecule has 2 N–H and O–H groups in total. The molecule has 1 aromatic heterocycles. The average molecular weight is 438 g/mol. The Morgan fingerprint density at radius 1 is 1.06 bits per heavy atom. The lowest BCUT2D eigenvalue weighted by molar-refractivity contribution is -0.127. The van der Waals surface area contributed by atoms with Crippen LogP contribution in [0.25, 0.3) is 11.0 Å². The lowest BCUT2D eigenvalue weighted by Crippen LogP contribution is -2.43. The van der Waals surface area contributed by atoms with Crippen LogP contribution < -0.4 is 21.0 Å². The van der Waals surface area contributed by atoms with E-state index in [9.17, 15) is 19.2 Å². The van der Waals surface area contributed by atoms with E-state index in [0.717, 1.165) is 16.5 Å². The third kappa shape index (κ3) is 5.51. The largest absolute Gasteiger partial charge is 0.489 e. The van der Waals surface area contributed by atoms with Gasteiger partial charge in [-0.05, 0) is 49.2 Å². The molecule has 0 aliphatic heterocycles. The summed E-state index contributed by atoms with van der Waals surface area (Å²) in [6.45, 7) is 3.43. The second-order valence-corrected chi connectivity index (χ2v) is 7.01. The van der Waals surface area contributed by atoms with Crippen LogP contribution in [0.4, 0.5) is 4.79 Å². The predicted molar refractivity (Wildman–Crippen MR) is 115 cm³/mol. The second-order valence-electron chi connectivity index (χ2n) is 7.01. The van der Waals surface area contributed by atoms with E-state index in [1.807, 2.05) is 18.3 Å². The summed E-state index contributed by atoms with van der Waals surface area (Å²) in [6, 6.07) is 12.5. The molecule has 0 radical (unpaired) electrons. The van der Waals surface area contributed by atoms with Crippen molar-refractivity contribution in [1.29, 1.82) is 0 Å². The smallest absolute Gasteiger partial charge is 0.338 e. The number of hydrogen-bond donors (Lipinski definition) is 2. The summed E-state index contributed by atoms with van der Waals surface area (Å²) in [5, 5.41) is 5.11. The fourth-order valence-corrected chi connectivity index (χ4v) is 2.86. The normalized spacial score (nSPS) is 11.5. The van der Waals surface area contributed by atoms with Crippen LogP contribution in [-0.4, -0.2) is 31.1 Å². The summed E-state index contributed by atoms with van der Waals surface area (Å²) in [5.74, 6) is -0.897. The number of ether oxygens (including phenoxy) is 2. The first-order chi connectivity index (χ1) is 15.3. The summed E-state index contributed by atoms with van der Waals surface area (Å²) in [5.41, 5.74) is 1.88. The second kappa shape index (κ2) is 9.78. The quantitative estimate of drug-likeness (QED) is 0.448. The Labute approximate surface area is 183 Å². The van der Waals surface area contributed by atoms with Gasteiger partial charge in [-0.2, -0.15) is 0 Å². The number of fused-ring (bicyclic) bond motifs is 1. The molecule has 0 saturated carbocycles. The molecular formula is C23H22N2O7. The Morgan fingerprint density at radius 3 is 2.47 bits per heavy atom. The molecule has 166 valence electrons. The maximum Gasteiger partial charge on any atom is 0.338 e. The number of rotatable bonds is 6. The molecule has 0 bridgehead atoms. The number of benzene rings is 2. The molecule has 3 amide bonds. The summed E-state index contributed by atoms with van der Waals surface area (Å²) >= 11 is 0. The molecule has 32 heavy (non-hydrogen) atoms. The van der Waals surface area contributed by atoms with Crippen molar-refractivity contribution < 1.29 is 28.3 Å². The molecule has 0 unspecified atom stereocenters. The minimum absolute atomic E-state index is 0.224. The predicted octanol–water partition coefficient (Wildman–Crippen LogP) is 2.68. The molecule has 3 rings (SSSR count). The summed E-state index contributed by atoms with van der Waals surface area (Å²) in [4.78, 5) is 46.7. The molecule has 2 aromatic carbocycles. The van der Waals surface area contributed by atoms with E-state index in [4.69, 9.17) is 13.9 Å². The van der Waals surface area contributed by atoms with Gasteiger partial charge in [0, 0.05) is 24.6 Å². The number of amides is 3. The highest BCUT2D eigenvalue weighted by Gasteiger charge is 2.20. The van der Waals surface area contributed by atoms with Gasteiger partial charge in [-0.25, -0.2) is 14.4 Å². The van der Waals surface area contributed by atoms with Crippen molar-refractivity contribution in [3.8, 4) is 5.75 Å². The monoisotopic (exact) mass is 438 g/mol. The Kier molecular flexibility index (Phi) is 6.89. The van der Waals surface area contributed by atoms with Crippen LogP contribution in [0.15, 0.2) is 57.7 Å². The van der Waals surface area contributed by atoms with Crippen molar-refractivity contribution in [2.75, 3.05) is 7.05 Å². The number of hydrogen-bond acceptors (Lipinski definition) is 7. The minimum Gasteiger partial charge on any atom is -0.489 e. The molecule has 1 heterocycles. The molecule has 0 fully saturated rings. The Hall–Kier alpha value is -4.14. The number of aryl methyl sites for hydroxylation is 1. The highest BCUT2D eigenvalue weighted by molar-refractivity contribution is 5.98. The van der Waals surface area contributed by atoms with Gasteiger partial charge in [0.05, 0.1) is 5.56 Å². The molecule has 9 nitrogen and oxygen atoms in total. The Morgan fingerprint density at radius 2 is 1.78 bits per heavy atom. The maximum atomic E-state index is 12.2. The fourth-order valence-electron chi connectivity index (χ4n) is 2.86. The molecule has 1 atom stereocenters. The molecule has 3 aromatic rings. The highest BCUT2D eigenvalue weighted by Crippen LogP contribution is 2.23. The van der Waals surface area contributed by atoms with Crippen LogP contribution in [0.2, 0.25) is 0 Å². The van der Waals surface area contributed by atoms with Crippen LogP contribution in [0.5, 0.6) is 5.75 Å². The van der Waals surface area contributed by atoms with Gasteiger partial charge in [0.1, 0.15) is 17.9 Å². The number of urea groups is 1. The highest BCUT2D eigenvalue weighted by atomic mass is 16.5. The van der Waals surface area contributed by atoms with Crippen molar-refractivity contribution in [1.82, 2.24) is 10.6 Å². The van der Waals surface area contributed by atoms with E-state index < -0.39 is 29.6 Å². The number of imide groups is 1. The zero-order valence-corrected chi connectivity index (χ0v) is 17.8. The van der Waals surface area contributed by atoms with Gasteiger partial charge in [0.15, 0.2) is 6.10 Å². The minimum atomic E-state index is -1.14. The van der Waals surface area contributed by atoms with E-state index >= 15 is 0 Å². The van der Waals surface area contributed by atoms with E-state index in [2.05, 4.69) is 5.32 Å². The Bertz CT molecular complexity index is 1220. The topological polar surface area (TPSA) is 124 Å². The first-order valence-electron chi connectivity index (χ1n) is 9.76. The Balaban J connectivity index is 1.59. The molecule has 0 aliphatic carbocycles. The third-order valence-corrected chi connectivity index (χ3v) is 4.63. The maximum absolute atomic E-state index is 12.2. The number of nitrogens with one attached hydrogen (secondary N) is 2. The van der Waals surface area contributed by atoms with Gasteiger partial charge in [-0.3, -0.25) is 10.1 Å². The van der Waals surface area contributed by atoms with Crippen LogP contribution >= 0.6 is 0 Å². The number of carbonyl (C=O) groups is 3. The van der Waals surface area contributed by atoms with Gasteiger partial charge < -0.3 is 19.2 Å². The van der Waals surface area contributed by atoms with Crippen molar-refractivity contribution in [2.45, 2.75) is 26.6 Å². The van der Waals surface area contributed by atoms with Gasteiger partial charge in [0.25, 0.3) is 5.91 Å². The van der Waals surface area contributed by atoms with Crippen LogP contribution in [0.3, 0.4) is 0 Å². The number of carbonyl (C=O) groups excluding carboxylic acids is 3. The average Bonchev–Trinajstić information content (AvgIpc) is 2.77. The van der Waals surface area contributed by atoms with Crippen molar-refractivity contribution >= 4 is 28.9 Å². The SMILES string of the molecule is CNC(=O)NC(=O)[C@@H](C)OC(=O)c1ccc(COc2ccc3c(C)cc(=O)oc3c2)cc1. The van der Waals surface area contributed by atoms with Gasteiger partial charge in [-0.1, -0.05) is 12.1 Å². The third-order valence-electron chi connectivity index (χ3n) is 4.63. The van der Waals surface area contributed by atoms with Crippen molar-refractivity contribution in [3.05, 3.63) is 75.6 Å². The number of esters is 1. The van der Waals surface area contributed by atoms with Crippen molar-refractivity contribution in [2.24, 2.45) is 0 Å². The molecule has 9 heteroatoms. The summed E-state index contributed by atoms with van der Waals surface area (Å²) in [7, 11) is 1.36. The zero-order valence-electron chi connectivity index (χ0n) is 17.8. The zero-order chi connectivity index (χ0) is 23.3. The lowest BCUT2D eigenvalue weighted by Gasteiger charge is -2.13. The molecule has 0 saturated heterocycles. The first-order valence-corrected chi connectivity index (χ1v) is 9.76. The van der Waals surface area contributed by atoms with Crippen LogP contribution in [0.1, 0.15) is 28.4 Å². The fraction of sp³-hybridized carbons (Fsp3) is 0.217. The molecule has 0 spiro atoms. The standard InChI is InChI=1S/C23H22N2O7/c1-13-10-20(26)32-19-11-17(8-9-18(13)19)30-12-15-4-6-16(7-5-15)22(28)31-14(2)21(27)25-23(29)24-3/h4-11,14H,12H2,1-3H3,(H2,24,25,27,29)/t14-/m1/s1. The van der Waals surface area contributed by atoms with E-state index in [1.54, 1.807) is 36.4 Å². The van der Waals surface area contributed by atoms with Gasteiger partial charge >= 0.3 is 17.6 Å². The molecular weight excluding hydrogens is 416 g/mol. The van der Waals surface area contributed by atoms with E-state index in [1.165, 1.54) is 20.0 Å². The lowest BCUT2D eigenvalue weighted by atomic mass is 10.1. The van der Waals surface area contributed by atoms with Crippen LogP contribution in [-0.2, 0) is 16.1 Å². The van der Waals surface area contributed by atoms with Gasteiger partial charge in [-0.15, -0.1) is 0 Å². The summed E-state index contributed by atoms with van der Waals surface area (Å²) in [6.07, 6.45) is -1.14. The first kappa shape index (κ1) is 22.5. The van der Waals surface area contributed by atoms with E-state index in [-0.39, 0.29) is 12.2 Å². The van der Waals surface area contributed by atoms with Gasteiger partial charge in [0.2, 0.25) is 0 Å². The molecule has 0 aliphatic rings. The van der Waals surface area contributed by atoms with Crippen LogP contribution in [0, 0.1) is 6.92 Å². The van der Waals surface area contributed by atoms with E-state index in [0.29, 0.717) is 11.3 Å². The summed E-state index contributed by atoms with van der Waals surface area (Å²) < 4.78 is 16.0. The van der Waals surface area contributed by atoms with Crippen molar-refractivity contribution in [3.63, 3.8) is 0 Å².